The Morgan fingerprint density at radius 3 is 2.70 bits per heavy atom. The third-order valence-electron chi connectivity index (χ3n) is 1.53. The quantitative estimate of drug-likeness (QED) is 0.471. The van der Waals surface area contributed by atoms with E-state index >= 15 is 0 Å². The Balaban J connectivity index is 3.30. The van der Waals surface area contributed by atoms with Crippen LogP contribution in [-0.2, 0) is 0 Å². The minimum atomic E-state index is 1.09. The molecule has 0 rings (SSSR count). The van der Waals surface area contributed by atoms with Crippen molar-refractivity contribution in [3.05, 3.63) is 11.6 Å². The zero-order valence-corrected chi connectivity index (χ0v) is 8.58. The smallest absolute Gasteiger partial charge is 0.00660 e. The second-order valence-corrected chi connectivity index (χ2v) is 3.42. The van der Waals surface area contributed by atoms with E-state index < -0.39 is 0 Å². The molecule has 0 aliphatic carbocycles. The van der Waals surface area contributed by atoms with Crippen molar-refractivity contribution in [2.45, 2.75) is 39.5 Å². The lowest BCUT2D eigenvalue weighted by Crippen LogP contribution is -1.78. The highest BCUT2D eigenvalue weighted by Gasteiger charge is 1.87. The normalized spacial score (nSPS) is 12.1. The van der Waals surface area contributed by atoms with Gasteiger partial charge in [0.15, 0.2) is 0 Å². The molecule has 0 aromatic rings. The second kappa shape index (κ2) is 7.33. The Bertz CT molecular complexity index is 94.9. The van der Waals surface area contributed by atoms with Crippen LogP contribution in [0.1, 0.15) is 39.5 Å². The molecular formula is C9H17Br. The number of halogens is 1. The summed E-state index contributed by atoms with van der Waals surface area (Å²) in [4.78, 5) is 0. The fourth-order valence-corrected chi connectivity index (χ4v) is 1.09. The number of alkyl halides is 1. The zero-order valence-electron chi connectivity index (χ0n) is 6.99. The molecule has 0 aliphatic heterocycles. The van der Waals surface area contributed by atoms with Gasteiger partial charge >= 0.3 is 0 Å². The Morgan fingerprint density at radius 2 is 2.20 bits per heavy atom. The van der Waals surface area contributed by atoms with Crippen LogP contribution < -0.4 is 0 Å². The second-order valence-electron chi connectivity index (χ2n) is 2.63. The molecule has 0 unspecified atom stereocenters. The topological polar surface area (TPSA) is 0 Å². The maximum absolute atomic E-state index is 3.40. The lowest BCUT2D eigenvalue weighted by Gasteiger charge is -1.97. The molecule has 0 nitrogen and oxygen atoms in total. The Kier molecular flexibility index (Phi) is 7.49. The zero-order chi connectivity index (χ0) is 7.82. The summed E-state index contributed by atoms with van der Waals surface area (Å²) in [7, 11) is 0. The van der Waals surface area contributed by atoms with Crippen LogP contribution in [0.2, 0.25) is 0 Å². The van der Waals surface area contributed by atoms with Gasteiger partial charge in [-0.25, -0.2) is 0 Å². The van der Waals surface area contributed by atoms with Crippen molar-refractivity contribution in [1.82, 2.24) is 0 Å². The number of hydrogen-bond donors (Lipinski definition) is 0. The molecular weight excluding hydrogens is 188 g/mol. The summed E-state index contributed by atoms with van der Waals surface area (Å²) in [5.41, 5.74) is 1.54. The molecule has 0 aromatic carbocycles. The fourth-order valence-electron chi connectivity index (χ4n) is 0.859. The van der Waals surface area contributed by atoms with E-state index in [0.29, 0.717) is 0 Å². The van der Waals surface area contributed by atoms with Crippen molar-refractivity contribution < 1.29 is 0 Å². The van der Waals surface area contributed by atoms with Crippen molar-refractivity contribution in [3.8, 4) is 0 Å². The number of unbranched alkanes of at least 4 members (excludes halogenated alkanes) is 1. The molecule has 0 N–H and O–H groups in total. The van der Waals surface area contributed by atoms with Crippen molar-refractivity contribution in [2.75, 3.05) is 5.33 Å². The number of hydrogen-bond acceptors (Lipinski definition) is 0. The van der Waals surface area contributed by atoms with Crippen molar-refractivity contribution in [1.29, 1.82) is 0 Å². The van der Waals surface area contributed by atoms with Gasteiger partial charge in [-0.3, -0.25) is 0 Å². The summed E-state index contributed by atoms with van der Waals surface area (Å²) < 4.78 is 0. The molecule has 0 atom stereocenters. The summed E-state index contributed by atoms with van der Waals surface area (Å²) in [6.45, 7) is 4.45. The van der Waals surface area contributed by atoms with Crippen molar-refractivity contribution in [3.63, 3.8) is 0 Å². The van der Waals surface area contributed by atoms with Gasteiger partial charge in [-0.05, 0) is 26.2 Å². The SMILES string of the molecule is CCCC/C(C)=C\CCBr. The maximum Gasteiger partial charge on any atom is 0.00660 e. The van der Waals surface area contributed by atoms with Crippen LogP contribution in [0, 0.1) is 0 Å². The molecule has 0 bridgehead atoms. The van der Waals surface area contributed by atoms with E-state index in [1.54, 1.807) is 5.57 Å². The molecule has 60 valence electrons. The predicted molar refractivity (Wildman–Crippen MR) is 51.7 cm³/mol. The molecule has 0 heterocycles. The van der Waals surface area contributed by atoms with Gasteiger partial charge in [-0.15, -0.1) is 0 Å². The van der Waals surface area contributed by atoms with Crippen LogP contribution in [-0.4, -0.2) is 5.33 Å². The molecule has 0 aromatic heterocycles. The Hall–Kier alpha value is 0.220. The predicted octanol–water partition coefficient (Wildman–Crippen LogP) is 3.91. The lowest BCUT2D eigenvalue weighted by molar-refractivity contribution is 0.784. The standard InChI is InChI=1S/C9H17Br/c1-3-4-6-9(2)7-5-8-10/h7H,3-6,8H2,1-2H3/b9-7-. The monoisotopic (exact) mass is 204 g/mol. The third-order valence-corrected chi connectivity index (χ3v) is 1.98. The summed E-state index contributed by atoms with van der Waals surface area (Å²) in [5.74, 6) is 0. The highest BCUT2D eigenvalue weighted by molar-refractivity contribution is 9.09. The molecule has 0 spiro atoms. The van der Waals surface area contributed by atoms with E-state index in [0.717, 1.165) is 5.33 Å². The van der Waals surface area contributed by atoms with Gasteiger partial charge < -0.3 is 0 Å². The van der Waals surface area contributed by atoms with E-state index in [1.807, 2.05) is 0 Å². The summed E-state index contributed by atoms with van der Waals surface area (Å²) in [6, 6.07) is 0. The first kappa shape index (κ1) is 10.2. The average molecular weight is 205 g/mol. The minimum absolute atomic E-state index is 1.09. The van der Waals surface area contributed by atoms with E-state index in [9.17, 15) is 0 Å². The molecule has 1 heteroatoms. The maximum atomic E-state index is 3.40. The van der Waals surface area contributed by atoms with Crippen LogP contribution >= 0.6 is 15.9 Å². The Morgan fingerprint density at radius 1 is 1.50 bits per heavy atom. The molecule has 0 fully saturated rings. The summed E-state index contributed by atoms with van der Waals surface area (Å²) in [6.07, 6.45) is 7.42. The molecule has 10 heavy (non-hydrogen) atoms. The highest BCUT2D eigenvalue weighted by atomic mass is 79.9. The largest absolute Gasteiger partial charge is 0.0925 e. The van der Waals surface area contributed by atoms with E-state index in [1.165, 1.54) is 25.7 Å². The highest BCUT2D eigenvalue weighted by Crippen LogP contribution is 2.07. The van der Waals surface area contributed by atoms with Gasteiger partial charge in [0, 0.05) is 5.33 Å². The average Bonchev–Trinajstić information content (AvgIpc) is 1.97. The first-order chi connectivity index (χ1) is 4.81. The van der Waals surface area contributed by atoms with Crippen LogP contribution in [0.5, 0.6) is 0 Å². The fraction of sp³-hybridized carbons (Fsp3) is 0.778. The molecule has 0 saturated heterocycles. The molecule has 0 aliphatic rings. The Labute approximate surface area is 72.8 Å². The van der Waals surface area contributed by atoms with Crippen LogP contribution in [0.4, 0.5) is 0 Å². The minimum Gasteiger partial charge on any atom is -0.0925 e. The van der Waals surface area contributed by atoms with E-state index in [2.05, 4.69) is 35.9 Å². The van der Waals surface area contributed by atoms with E-state index in [4.69, 9.17) is 0 Å². The lowest BCUT2D eigenvalue weighted by atomic mass is 10.1. The molecule has 0 amide bonds. The first-order valence-corrected chi connectivity index (χ1v) is 5.15. The van der Waals surface area contributed by atoms with E-state index in [-0.39, 0.29) is 0 Å². The van der Waals surface area contributed by atoms with Gasteiger partial charge in [0.1, 0.15) is 0 Å². The van der Waals surface area contributed by atoms with Crippen LogP contribution in [0.25, 0.3) is 0 Å². The van der Waals surface area contributed by atoms with Gasteiger partial charge in [0.2, 0.25) is 0 Å². The van der Waals surface area contributed by atoms with Gasteiger partial charge in [0.25, 0.3) is 0 Å². The van der Waals surface area contributed by atoms with Crippen LogP contribution in [0.15, 0.2) is 11.6 Å². The van der Waals surface area contributed by atoms with Crippen molar-refractivity contribution >= 4 is 15.9 Å². The van der Waals surface area contributed by atoms with Gasteiger partial charge in [-0.1, -0.05) is 40.9 Å². The van der Waals surface area contributed by atoms with Gasteiger partial charge in [0.05, 0.1) is 0 Å². The summed E-state index contributed by atoms with van der Waals surface area (Å²) >= 11 is 3.40. The summed E-state index contributed by atoms with van der Waals surface area (Å²) in [5, 5.41) is 1.09. The number of rotatable bonds is 5. The first-order valence-electron chi connectivity index (χ1n) is 4.02. The van der Waals surface area contributed by atoms with Crippen molar-refractivity contribution in [2.24, 2.45) is 0 Å². The molecule has 0 saturated carbocycles. The van der Waals surface area contributed by atoms with Crippen LogP contribution in [0.3, 0.4) is 0 Å². The van der Waals surface area contributed by atoms with Gasteiger partial charge in [-0.2, -0.15) is 0 Å². The molecule has 0 radical (unpaired) electrons. The number of allylic oxidation sites excluding steroid dienone is 2. The third kappa shape index (κ3) is 6.34.